The molecule has 1 unspecified atom stereocenters. The lowest BCUT2D eigenvalue weighted by molar-refractivity contribution is 0.00634. The summed E-state index contributed by atoms with van der Waals surface area (Å²) in [6.45, 7) is 0.825. The number of hydrogen-bond acceptors (Lipinski definition) is 4. The standard InChI is InChI=1S/C19H17ClFN3O3S/c20-14-3-7-17(8-4-14)28(25,26)23-9-16-11-24-18(10-22-19(24)12-27-16)13-1-5-15(21)6-2-13/h1-8,10,16,23H,9,11-12H2. The number of rotatable bonds is 5. The predicted octanol–water partition coefficient (Wildman–Crippen LogP) is 3.22. The molecule has 0 saturated carbocycles. The van der Waals surface area contributed by atoms with Gasteiger partial charge in [0.05, 0.1) is 29.4 Å². The summed E-state index contributed by atoms with van der Waals surface area (Å²) in [5.41, 5.74) is 1.67. The molecule has 3 aromatic rings. The van der Waals surface area contributed by atoms with Gasteiger partial charge in [-0.3, -0.25) is 0 Å². The first-order valence-electron chi connectivity index (χ1n) is 8.59. The molecule has 0 bridgehead atoms. The highest BCUT2D eigenvalue weighted by atomic mass is 35.5. The number of nitrogens with one attached hydrogen (secondary N) is 1. The Hall–Kier alpha value is -2.26. The molecule has 146 valence electrons. The van der Waals surface area contributed by atoms with E-state index in [1.54, 1.807) is 18.3 Å². The predicted molar refractivity (Wildman–Crippen MR) is 103 cm³/mol. The van der Waals surface area contributed by atoms with Gasteiger partial charge in [0, 0.05) is 11.6 Å². The summed E-state index contributed by atoms with van der Waals surface area (Å²) >= 11 is 5.81. The van der Waals surface area contributed by atoms with Gasteiger partial charge in [-0.1, -0.05) is 11.6 Å². The third kappa shape index (κ3) is 3.95. The Labute approximate surface area is 167 Å². The van der Waals surface area contributed by atoms with Gasteiger partial charge in [0.15, 0.2) is 0 Å². The van der Waals surface area contributed by atoms with E-state index in [2.05, 4.69) is 9.71 Å². The van der Waals surface area contributed by atoms with Gasteiger partial charge in [-0.05, 0) is 54.1 Å². The molecule has 1 atom stereocenters. The molecule has 1 aliphatic heterocycles. The topological polar surface area (TPSA) is 73.2 Å². The van der Waals surface area contributed by atoms with Crippen molar-refractivity contribution in [2.75, 3.05) is 6.54 Å². The largest absolute Gasteiger partial charge is 0.367 e. The maximum absolute atomic E-state index is 13.2. The van der Waals surface area contributed by atoms with E-state index < -0.39 is 10.0 Å². The van der Waals surface area contributed by atoms with Gasteiger partial charge < -0.3 is 9.30 Å². The first-order chi connectivity index (χ1) is 13.4. The first-order valence-corrected chi connectivity index (χ1v) is 10.5. The van der Waals surface area contributed by atoms with E-state index in [1.165, 1.54) is 36.4 Å². The van der Waals surface area contributed by atoms with Crippen molar-refractivity contribution in [2.45, 2.75) is 24.2 Å². The van der Waals surface area contributed by atoms with Crippen LogP contribution in [0.2, 0.25) is 5.02 Å². The molecule has 28 heavy (non-hydrogen) atoms. The zero-order chi connectivity index (χ0) is 19.7. The second-order valence-corrected chi connectivity index (χ2v) is 8.62. The fraction of sp³-hybridized carbons (Fsp3) is 0.211. The maximum Gasteiger partial charge on any atom is 0.240 e. The quantitative estimate of drug-likeness (QED) is 0.686. The van der Waals surface area contributed by atoms with Crippen molar-refractivity contribution < 1.29 is 17.5 Å². The summed E-state index contributed by atoms with van der Waals surface area (Å²) in [4.78, 5) is 4.49. The lowest BCUT2D eigenvalue weighted by Gasteiger charge is -2.26. The van der Waals surface area contributed by atoms with Crippen LogP contribution in [0.4, 0.5) is 4.39 Å². The molecule has 2 heterocycles. The van der Waals surface area contributed by atoms with Crippen molar-refractivity contribution in [3.8, 4) is 11.3 Å². The van der Waals surface area contributed by atoms with Gasteiger partial charge in [-0.15, -0.1) is 0 Å². The van der Waals surface area contributed by atoms with Crippen molar-refractivity contribution in [1.29, 1.82) is 0 Å². The van der Waals surface area contributed by atoms with Crippen LogP contribution in [0.15, 0.2) is 59.6 Å². The lowest BCUT2D eigenvalue weighted by atomic mass is 10.1. The number of benzene rings is 2. The Morgan fingerprint density at radius 3 is 2.61 bits per heavy atom. The van der Waals surface area contributed by atoms with E-state index in [0.717, 1.165) is 17.1 Å². The van der Waals surface area contributed by atoms with Gasteiger partial charge in [0.2, 0.25) is 10.0 Å². The minimum atomic E-state index is -3.66. The maximum atomic E-state index is 13.2. The van der Waals surface area contributed by atoms with E-state index in [9.17, 15) is 12.8 Å². The van der Waals surface area contributed by atoms with E-state index in [-0.39, 0.29) is 30.0 Å². The molecule has 0 aliphatic carbocycles. The van der Waals surface area contributed by atoms with Crippen LogP contribution in [0.3, 0.4) is 0 Å². The average molecular weight is 422 g/mol. The van der Waals surface area contributed by atoms with Crippen molar-refractivity contribution in [3.63, 3.8) is 0 Å². The van der Waals surface area contributed by atoms with Gasteiger partial charge >= 0.3 is 0 Å². The molecular formula is C19H17ClFN3O3S. The summed E-state index contributed by atoms with van der Waals surface area (Å²) < 4.78 is 48.3. The molecule has 2 aromatic carbocycles. The van der Waals surface area contributed by atoms with Crippen molar-refractivity contribution in [3.05, 3.63) is 71.4 Å². The highest BCUT2D eigenvalue weighted by molar-refractivity contribution is 7.89. The molecule has 0 fully saturated rings. The summed E-state index contributed by atoms with van der Waals surface area (Å²) in [7, 11) is -3.66. The minimum absolute atomic E-state index is 0.117. The number of aromatic nitrogens is 2. The molecule has 1 N–H and O–H groups in total. The lowest BCUT2D eigenvalue weighted by Crippen LogP contribution is -2.38. The summed E-state index contributed by atoms with van der Waals surface area (Å²) in [5.74, 6) is 0.441. The average Bonchev–Trinajstić information content (AvgIpc) is 3.11. The van der Waals surface area contributed by atoms with Crippen LogP contribution in [0.1, 0.15) is 5.82 Å². The molecule has 1 aliphatic rings. The highest BCUT2D eigenvalue weighted by Crippen LogP contribution is 2.25. The third-order valence-electron chi connectivity index (χ3n) is 4.54. The van der Waals surface area contributed by atoms with Gasteiger partial charge in [0.1, 0.15) is 18.2 Å². The number of halogens is 2. The summed E-state index contributed by atoms with van der Waals surface area (Å²) in [5, 5.41) is 0.468. The number of ether oxygens (including phenoxy) is 1. The second kappa shape index (κ2) is 7.63. The number of hydrogen-bond donors (Lipinski definition) is 1. The number of nitrogens with zero attached hydrogens (tertiary/aromatic N) is 2. The molecule has 0 amide bonds. The van der Waals surface area contributed by atoms with E-state index in [4.69, 9.17) is 16.3 Å². The Morgan fingerprint density at radius 1 is 1.18 bits per heavy atom. The number of sulfonamides is 1. The SMILES string of the molecule is O=S(=O)(NCC1Cn2c(-c3ccc(F)cc3)cnc2CO1)c1ccc(Cl)cc1. The van der Waals surface area contributed by atoms with Gasteiger partial charge in [-0.2, -0.15) is 0 Å². The number of imidazole rings is 1. The third-order valence-corrected chi connectivity index (χ3v) is 6.23. The molecular weight excluding hydrogens is 405 g/mol. The van der Waals surface area contributed by atoms with E-state index in [0.29, 0.717) is 11.6 Å². The Kier molecular flexibility index (Phi) is 5.20. The first kappa shape index (κ1) is 19.1. The second-order valence-electron chi connectivity index (χ2n) is 6.42. The zero-order valence-corrected chi connectivity index (χ0v) is 16.3. The van der Waals surface area contributed by atoms with Crippen molar-refractivity contribution in [1.82, 2.24) is 14.3 Å². The number of fused-ring (bicyclic) bond motifs is 1. The van der Waals surface area contributed by atoms with E-state index >= 15 is 0 Å². The molecule has 0 radical (unpaired) electrons. The Morgan fingerprint density at radius 2 is 1.89 bits per heavy atom. The van der Waals surface area contributed by atoms with Crippen LogP contribution in [-0.4, -0.2) is 30.6 Å². The Bertz CT molecular complexity index is 1080. The summed E-state index contributed by atoms with van der Waals surface area (Å²) in [6, 6.07) is 12.1. The van der Waals surface area contributed by atoms with Crippen molar-refractivity contribution in [2.24, 2.45) is 0 Å². The van der Waals surface area contributed by atoms with Crippen LogP contribution < -0.4 is 4.72 Å². The smallest absolute Gasteiger partial charge is 0.240 e. The Balaban J connectivity index is 1.47. The molecule has 0 saturated heterocycles. The molecule has 6 nitrogen and oxygen atoms in total. The van der Waals surface area contributed by atoms with Crippen LogP contribution >= 0.6 is 11.6 Å². The monoisotopic (exact) mass is 421 g/mol. The fourth-order valence-corrected chi connectivity index (χ4v) is 4.25. The zero-order valence-electron chi connectivity index (χ0n) is 14.7. The molecule has 0 spiro atoms. The molecule has 4 rings (SSSR count). The van der Waals surface area contributed by atoms with Crippen LogP contribution in [0, 0.1) is 5.82 Å². The summed E-state index contributed by atoms with van der Waals surface area (Å²) in [6.07, 6.45) is 1.36. The normalized spacial score (nSPS) is 16.7. The van der Waals surface area contributed by atoms with Crippen LogP contribution in [-0.2, 0) is 27.9 Å². The van der Waals surface area contributed by atoms with Gasteiger partial charge in [0.25, 0.3) is 0 Å². The van der Waals surface area contributed by atoms with Crippen LogP contribution in [0.25, 0.3) is 11.3 Å². The van der Waals surface area contributed by atoms with E-state index in [1.807, 2.05) is 4.57 Å². The van der Waals surface area contributed by atoms with Gasteiger partial charge in [-0.25, -0.2) is 22.5 Å². The minimum Gasteiger partial charge on any atom is -0.367 e. The molecule has 1 aromatic heterocycles. The fourth-order valence-electron chi connectivity index (χ4n) is 3.06. The highest BCUT2D eigenvalue weighted by Gasteiger charge is 2.25. The van der Waals surface area contributed by atoms with Crippen molar-refractivity contribution >= 4 is 21.6 Å². The van der Waals surface area contributed by atoms with Crippen LogP contribution in [0.5, 0.6) is 0 Å². The molecule has 9 heteroatoms.